The number of carbonyl (C=O) groups is 3. The Morgan fingerprint density at radius 1 is 1.11 bits per heavy atom. The zero-order valence-electron chi connectivity index (χ0n) is 17.8. The van der Waals surface area contributed by atoms with Gasteiger partial charge in [-0.2, -0.15) is 0 Å². The molecule has 6 heteroatoms. The third-order valence-corrected chi connectivity index (χ3v) is 5.12. The van der Waals surface area contributed by atoms with Crippen LogP contribution in [-0.4, -0.2) is 47.4 Å². The van der Waals surface area contributed by atoms with E-state index in [1.54, 1.807) is 16.7 Å². The quantitative estimate of drug-likeness (QED) is 0.673. The molecule has 6 nitrogen and oxygen atoms in total. The number of aryl methyl sites for hydroxylation is 1. The summed E-state index contributed by atoms with van der Waals surface area (Å²) in [7, 11) is 0. The van der Waals surface area contributed by atoms with Gasteiger partial charge in [-0.25, -0.2) is 0 Å². The number of rotatable bonds is 7. The number of amides is 2. The van der Waals surface area contributed by atoms with Gasteiger partial charge in [0, 0.05) is 30.7 Å². The normalized spacial score (nSPS) is 17.9. The maximum atomic E-state index is 12.7. The summed E-state index contributed by atoms with van der Waals surface area (Å²) in [5, 5.41) is 0. The van der Waals surface area contributed by atoms with Crippen LogP contribution in [0, 0.1) is 5.92 Å². The molecule has 1 aliphatic rings. The molecule has 0 saturated carbocycles. The molecule has 28 heavy (non-hydrogen) atoms. The summed E-state index contributed by atoms with van der Waals surface area (Å²) < 4.78 is 5.44. The molecular weight excluding hydrogens is 356 g/mol. The summed E-state index contributed by atoms with van der Waals surface area (Å²) in [6.07, 6.45) is 0.164. The van der Waals surface area contributed by atoms with Crippen LogP contribution in [0.3, 0.4) is 0 Å². The Bertz CT molecular complexity index is 704. The number of hydrogen-bond donors (Lipinski definition) is 0. The van der Waals surface area contributed by atoms with Gasteiger partial charge in [-0.15, -0.1) is 0 Å². The van der Waals surface area contributed by atoms with E-state index in [4.69, 9.17) is 4.74 Å². The average molecular weight is 389 g/mol. The van der Waals surface area contributed by atoms with E-state index in [-0.39, 0.29) is 36.9 Å². The van der Waals surface area contributed by atoms with Crippen LogP contribution in [0.25, 0.3) is 0 Å². The fourth-order valence-corrected chi connectivity index (χ4v) is 3.66. The first kappa shape index (κ1) is 21.9. The lowest BCUT2D eigenvalue weighted by atomic mass is 10.1. The molecule has 2 amide bonds. The Hall–Kier alpha value is -2.37. The fourth-order valence-electron chi connectivity index (χ4n) is 3.66. The van der Waals surface area contributed by atoms with Gasteiger partial charge < -0.3 is 14.5 Å². The molecule has 1 saturated heterocycles. The highest BCUT2D eigenvalue weighted by atomic mass is 16.5. The second kappa shape index (κ2) is 9.22. The average Bonchev–Trinajstić information content (AvgIpc) is 3.03. The van der Waals surface area contributed by atoms with Gasteiger partial charge in [0.25, 0.3) is 5.91 Å². The van der Waals surface area contributed by atoms with Gasteiger partial charge in [0.15, 0.2) is 6.10 Å². The Balaban J connectivity index is 2.01. The molecule has 0 spiro atoms. The van der Waals surface area contributed by atoms with Crippen LogP contribution in [0.2, 0.25) is 0 Å². The van der Waals surface area contributed by atoms with E-state index < -0.39 is 18.0 Å². The molecule has 1 aliphatic heterocycles. The first-order valence-corrected chi connectivity index (χ1v) is 10.1. The Kier molecular flexibility index (Phi) is 7.22. The summed E-state index contributed by atoms with van der Waals surface area (Å²) in [4.78, 5) is 41.0. The molecule has 1 fully saturated rings. The van der Waals surface area contributed by atoms with Crippen LogP contribution in [0.5, 0.6) is 0 Å². The molecule has 0 radical (unpaired) electrons. The first-order valence-electron chi connectivity index (χ1n) is 10.1. The zero-order valence-corrected chi connectivity index (χ0v) is 17.8. The highest BCUT2D eigenvalue weighted by Gasteiger charge is 2.38. The molecule has 0 N–H and O–H groups in total. The van der Waals surface area contributed by atoms with Crippen molar-refractivity contribution in [3.63, 3.8) is 0 Å². The second-order valence-corrected chi connectivity index (χ2v) is 7.94. The molecule has 1 aromatic rings. The molecule has 154 valence electrons. The van der Waals surface area contributed by atoms with Crippen molar-refractivity contribution in [1.29, 1.82) is 0 Å². The van der Waals surface area contributed by atoms with Crippen molar-refractivity contribution in [2.75, 3.05) is 11.4 Å². The second-order valence-electron chi connectivity index (χ2n) is 7.94. The smallest absolute Gasteiger partial charge is 0.312 e. The maximum absolute atomic E-state index is 12.7. The maximum Gasteiger partial charge on any atom is 0.312 e. The summed E-state index contributed by atoms with van der Waals surface area (Å²) in [6.45, 7) is 11.7. The lowest BCUT2D eigenvalue weighted by molar-refractivity contribution is -0.163. The molecule has 2 atom stereocenters. The topological polar surface area (TPSA) is 66.9 Å². The minimum atomic E-state index is -0.870. The van der Waals surface area contributed by atoms with Crippen LogP contribution in [0.1, 0.15) is 53.5 Å². The van der Waals surface area contributed by atoms with Gasteiger partial charge in [-0.3, -0.25) is 14.4 Å². The highest BCUT2D eigenvalue weighted by molar-refractivity contribution is 5.99. The third kappa shape index (κ3) is 4.91. The molecule has 2 unspecified atom stereocenters. The van der Waals surface area contributed by atoms with E-state index in [1.165, 1.54) is 5.56 Å². The van der Waals surface area contributed by atoms with Gasteiger partial charge in [-0.05, 0) is 58.7 Å². The van der Waals surface area contributed by atoms with Gasteiger partial charge in [0.05, 0.1) is 5.92 Å². The lowest BCUT2D eigenvalue weighted by Crippen LogP contribution is -2.48. The monoisotopic (exact) mass is 388 g/mol. The van der Waals surface area contributed by atoms with E-state index in [0.717, 1.165) is 12.1 Å². The SMILES string of the molecule is CCc1ccc(N2CC(C(=O)OC(C)C(=O)N(C(C)C)C(C)C)CC2=O)cc1. The van der Waals surface area contributed by atoms with E-state index in [1.807, 2.05) is 52.0 Å². The standard InChI is InChI=1S/C22H32N2O4/c1-7-17-8-10-19(11-9-17)23-13-18(12-20(23)25)22(27)28-16(6)21(26)24(14(2)3)15(4)5/h8-11,14-16,18H,7,12-13H2,1-6H3. The van der Waals surface area contributed by atoms with E-state index in [9.17, 15) is 14.4 Å². The molecule has 0 bridgehead atoms. The highest BCUT2D eigenvalue weighted by Crippen LogP contribution is 2.26. The first-order chi connectivity index (χ1) is 13.1. The van der Waals surface area contributed by atoms with Crippen molar-refractivity contribution in [3.05, 3.63) is 29.8 Å². The number of hydrogen-bond acceptors (Lipinski definition) is 4. The minimum Gasteiger partial charge on any atom is -0.452 e. The molecule has 2 rings (SSSR count). The van der Waals surface area contributed by atoms with Gasteiger partial charge >= 0.3 is 5.97 Å². The number of anilines is 1. The molecule has 1 aromatic carbocycles. The minimum absolute atomic E-state index is 0.0169. The Morgan fingerprint density at radius 2 is 1.68 bits per heavy atom. The van der Waals surface area contributed by atoms with E-state index >= 15 is 0 Å². The van der Waals surface area contributed by atoms with Crippen LogP contribution in [0.15, 0.2) is 24.3 Å². The fraction of sp³-hybridized carbons (Fsp3) is 0.591. The molecule has 0 aliphatic carbocycles. The van der Waals surface area contributed by atoms with Crippen molar-refractivity contribution < 1.29 is 19.1 Å². The van der Waals surface area contributed by atoms with E-state index in [0.29, 0.717) is 0 Å². The van der Waals surface area contributed by atoms with Crippen LogP contribution in [0.4, 0.5) is 5.69 Å². The van der Waals surface area contributed by atoms with Crippen LogP contribution >= 0.6 is 0 Å². The zero-order chi connectivity index (χ0) is 21.0. The van der Waals surface area contributed by atoms with Gasteiger partial charge in [0.2, 0.25) is 5.91 Å². The van der Waals surface area contributed by atoms with Crippen LogP contribution in [-0.2, 0) is 25.5 Å². The number of ether oxygens (including phenoxy) is 1. The third-order valence-electron chi connectivity index (χ3n) is 5.12. The number of esters is 1. The Morgan fingerprint density at radius 3 is 2.18 bits per heavy atom. The predicted molar refractivity (Wildman–Crippen MR) is 109 cm³/mol. The van der Waals surface area contributed by atoms with E-state index in [2.05, 4.69) is 6.92 Å². The van der Waals surface area contributed by atoms with Gasteiger partial charge in [-0.1, -0.05) is 19.1 Å². The molecular formula is C22H32N2O4. The Labute approximate surface area is 167 Å². The van der Waals surface area contributed by atoms with Crippen molar-refractivity contribution in [2.45, 2.75) is 72.6 Å². The largest absolute Gasteiger partial charge is 0.452 e. The number of carbonyl (C=O) groups excluding carboxylic acids is 3. The summed E-state index contributed by atoms with van der Waals surface area (Å²) in [6, 6.07) is 7.81. The van der Waals surface area contributed by atoms with Crippen LogP contribution < -0.4 is 4.90 Å². The lowest BCUT2D eigenvalue weighted by Gasteiger charge is -2.33. The summed E-state index contributed by atoms with van der Waals surface area (Å²) in [5.41, 5.74) is 1.98. The molecule has 0 aromatic heterocycles. The van der Waals surface area contributed by atoms with Crippen molar-refractivity contribution in [3.8, 4) is 0 Å². The summed E-state index contributed by atoms with van der Waals surface area (Å²) >= 11 is 0. The number of benzene rings is 1. The van der Waals surface area contributed by atoms with Crippen molar-refractivity contribution in [2.24, 2.45) is 5.92 Å². The molecule has 1 heterocycles. The van der Waals surface area contributed by atoms with Crippen molar-refractivity contribution >= 4 is 23.5 Å². The number of nitrogens with zero attached hydrogens (tertiary/aromatic N) is 2. The predicted octanol–water partition coefficient (Wildman–Crippen LogP) is 3.18. The summed E-state index contributed by atoms with van der Waals surface area (Å²) in [5.74, 6) is -1.36. The van der Waals surface area contributed by atoms with Crippen molar-refractivity contribution in [1.82, 2.24) is 4.90 Å². The van der Waals surface area contributed by atoms with Gasteiger partial charge in [0.1, 0.15) is 0 Å².